The minimum atomic E-state index is -0.292. The number of piperidine rings is 1. The molecule has 0 aromatic carbocycles. The number of nitrogens with zero attached hydrogens (tertiary/aromatic N) is 7. The van der Waals surface area contributed by atoms with Gasteiger partial charge < -0.3 is 9.64 Å². The van der Waals surface area contributed by atoms with Crippen LogP contribution >= 0.6 is 0 Å². The van der Waals surface area contributed by atoms with Crippen LogP contribution in [0.1, 0.15) is 30.4 Å². The third-order valence-electron chi connectivity index (χ3n) is 4.79. The molecule has 0 bridgehead atoms. The summed E-state index contributed by atoms with van der Waals surface area (Å²) in [4.78, 5) is 20.6. The molecule has 4 rings (SSSR count). The molecule has 2 fully saturated rings. The molecule has 0 saturated carbocycles. The lowest BCUT2D eigenvalue weighted by Gasteiger charge is -2.27. The van der Waals surface area contributed by atoms with Gasteiger partial charge in [0.25, 0.3) is 0 Å². The lowest BCUT2D eigenvalue weighted by molar-refractivity contribution is 0.156. The highest BCUT2D eigenvalue weighted by Gasteiger charge is 2.28. The fourth-order valence-corrected chi connectivity index (χ4v) is 3.48. The third kappa shape index (κ3) is 3.23. The number of cyclic esters (lactones) is 1. The van der Waals surface area contributed by atoms with Crippen molar-refractivity contribution in [2.75, 3.05) is 33.3 Å². The Kier molecular flexibility index (Phi) is 4.16. The monoisotopic (exact) mass is 345 g/mol. The number of carbonyl (C=O) groups is 1. The van der Waals surface area contributed by atoms with Crippen LogP contribution in [-0.2, 0) is 18.3 Å². The maximum Gasteiger partial charge on any atom is 0.410 e. The molecule has 0 spiro atoms. The lowest BCUT2D eigenvalue weighted by atomic mass is 9.98. The van der Waals surface area contributed by atoms with Gasteiger partial charge in [-0.2, -0.15) is 10.2 Å². The molecule has 134 valence electrons. The van der Waals surface area contributed by atoms with E-state index in [1.165, 1.54) is 0 Å². The molecule has 4 heterocycles. The number of hydrogen-bond donors (Lipinski definition) is 0. The Balaban J connectivity index is 1.66. The molecule has 2 aromatic heterocycles. The summed E-state index contributed by atoms with van der Waals surface area (Å²) in [6, 6.07) is 0. The maximum atomic E-state index is 11.8. The van der Waals surface area contributed by atoms with Crippen molar-refractivity contribution in [2.24, 2.45) is 7.05 Å². The molecular weight excluding hydrogens is 322 g/mol. The van der Waals surface area contributed by atoms with E-state index in [0.29, 0.717) is 25.6 Å². The van der Waals surface area contributed by atoms with E-state index in [2.05, 4.69) is 17.0 Å². The van der Waals surface area contributed by atoms with E-state index < -0.39 is 0 Å². The second-order valence-corrected chi connectivity index (χ2v) is 6.81. The highest BCUT2D eigenvalue weighted by molar-refractivity contribution is 5.69. The number of aryl methyl sites for hydroxylation is 1. The van der Waals surface area contributed by atoms with E-state index in [9.17, 15) is 4.79 Å². The van der Waals surface area contributed by atoms with Crippen LogP contribution in [0, 0.1) is 0 Å². The van der Waals surface area contributed by atoms with Crippen molar-refractivity contribution in [2.45, 2.75) is 25.3 Å². The summed E-state index contributed by atoms with van der Waals surface area (Å²) in [5.74, 6) is 1.91. The van der Waals surface area contributed by atoms with Gasteiger partial charge in [-0.05, 0) is 26.4 Å². The van der Waals surface area contributed by atoms with Crippen molar-refractivity contribution < 1.29 is 9.53 Å². The fraction of sp³-hybridized carbons (Fsp3) is 0.625. The number of ether oxygens (including phenoxy) is 1. The minimum Gasteiger partial charge on any atom is -0.448 e. The molecule has 2 saturated heterocycles. The molecule has 1 atom stereocenters. The highest BCUT2D eigenvalue weighted by atomic mass is 16.6. The molecule has 2 aliphatic rings. The lowest BCUT2D eigenvalue weighted by Crippen LogP contribution is -2.31. The maximum absolute atomic E-state index is 11.8. The number of amides is 1. The number of hydrogen-bond acceptors (Lipinski definition) is 6. The van der Waals surface area contributed by atoms with Crippen LogP contribution in [0.5, 0.6) is 0 Å². The average molecular weight is 345 g/mol. The van der Waals surface area contributed by atoms with Crippen molar-refractivity contribution in [3.8, 4) is 5.69 Å². The molecule has 9 heteroatoms. The van der Waals surface area contributed by atoms with Gasteiger partial charge in [0.1, 0.15) is 12.3 Å². The van der Waals surface area contributed by atoms with Crippen molar-refractivity contribution in [1.29, 1.82) is 0 Å². The molecule has 25 heavy (non-hydrogen) atoms. The SMILES string of the molecule is CN1CCCC(c2nc(CN3CCOC3=O)n(-c3cnn(C)c3)n2)C1. The first-order valence-electron chi connectivity index (χ1n) is 8.65. The normalized spacial score (nSPS) is 21.8. The first-order chi connectivity index (χ1) is 12.1. The second kappa shape index (κ2) is 6.47. The second-order valence-electron chi connectivity index (χ2n) is 6.81. The Morgan fingerprint density at radius 1 is 1.32 bits per heavy atom. The van der Waals surface area contributed by atoms with Crippen LogP contribution in [0.4, 0.5) is 4.79 Å². The van der Waals surface area contributed by atoms with Gasteiger partial charge in [0.2, 0.25) is 0 Å². The Labute approximate surface area is 146 Å². The summed E-state index contributed by atoms with van der Waals surface area (Å²) in [6.07, 6.45) is 5.61. The molecule has 0 radical (unpaired) electrons. The Morgan fingerprint density at radius 3 is 2.88 bits per heavy atom. The molecule has 1 amide bonds. The zero-order valence-corrected chi connectivity index (χ0v) is 14.6. The number of likely N-dealkylation sites (N-methyl/N-ethyl adjacent to an activating group) is 1. The summed E-state index contributed by atoms with van der Waals surface area (Å²) in [5.41, 5.74) is 0.855. The molecule has 2 aliphatic heterocycles. The van der Waals surface area contributed by atoms with Gasteiger partial charge >= 0.3 is 6.09 Å². The standard InChI is InChI=1S/C16H23N7O2/c1-20-5-3-4-12(9-20)15-18-14(11-22-6-7-25-16(22)24)23(19-15)13-8-17-21(2)10-13/h8,10,12H,3-7,9,11H2,1-2H3. The topological polar surface area (TPSA) is 81.3 Å². The van der Waals surface area contributed by atoms with Crippen LogP contribution in [0.2, 0.25) is 0 Å². The summed E-state index contributed by atoms with van der Waals surface area (Å²) in [6.45, 7) is 3.48. The largest absolute Gasteiger partial charge is 0.448 e. The predicted octanol–water partition coefficient (Wildman–Crippen LogP) is 0.762. The van der Waals surface area contributed by atoms with E-state index in [-0.39, 0.29) is 6.09 Å². The van der Waals surface area contributed by atoms with Crippen LogP contribution < -0.4 is 0 Å². The summed E-state index contributed by atoms with van der Waals surface area (Å²) in [7, 11) is 4.00. The molecular formula is C16H23N7O2. The van der Waals surface area contributed by atoms with E-state index in [4.69, 9.17) is 14.8 Å². The van der Waals surface area contributed by atoms with E-state index in [1.54, 1.807) is 15.8 Å². The van der Waals surface area contributed by atoms with Crippen LogP contribution in [0.15, 0.2) is 12.4 Å². The first kappa shape index (κ1) is 16.1. The van der Waals surface area contributed by atoms with Gasteiger partial charge in [0.05, 0.1) is 25.5 Å². The number of rotatable bonds is 4. The number of aromatic nitrogens is 5. The van der Waals surface area contributed by atoms with E-state index in [0.717, 1.165) is 43.3 Å². The van der Waals surface area contributed by atoms with Crippen molar-refractivity contribution >= 4 is 6.09 Å². The Morgan fingerprint density at radius 2 is 2.20 bits per heavy atom. The van der Waals surface area contributed by atoms with Crippen molar-refractivity contribution in [3.63, 3.8) is 0 Å². The van der Waals surface area contributed by atoms with Crippen molar-refractivity contribution in [1.82, 2.24) is 34.3 Å². The third-order valence-corrected chi connectivity index (χ3v) is 4.79. The Hall–Kier alpha value is -2.42. The van der Waals surface area contributed by atoms with E-state index >= 15 is 0 Å². The smallest absolute Gasteiger partial charge is 0.410 e. The van der Waals surface area contributed by atoms with Gasteiger partial charge in [-0.1, -0.05) is 0 Å². The van der Waals surface area contributed by atoms with Gasteiger partial charge in [-0.25, -0.2) is 14.5 Å². The van der Waals surface area contributed by atoms with Gasteiger partial charge in [0, 0.05) is 19.5 Å². The summed E-state index contributed by atoms with van der Waals surface area (Å²) < 4.78 is 8.57. The van der Waals surface area contributed by atoms with Crippen LogP contribution in [0.25, 0.3) is 5.69 Å². The summed E-state index contributed by atoms with van der Waals surface area (Å²) >= 11 is 0. The molecule has 0 aliphatic carbocycles. The van der Waals surface area contributed by atoms with Gasteiger partial charge in [0.15, 0.2) is 11.6 Å². The first-order valence-corrected chi connectivity index (χ1v) is 8.65. The van der Waals surface area contributed by atoms with Gasteiger partial charge in [-0.3, -0.25) is 9.58 Å². The van der Waals surface area contributed by atoms with Gasteiger partial charge in [-0.15, -0.1) is 0 Å². The highest BCUT2D eigenvalue weighted by Crippen LogP contribution is 2.25. The molecule has 2 aromatic rings. The number of carbonyl (C=O) groups excluding carboxylic acids is 1. The van der Waals surface area contributed by atoms with Crippen LogP contribution in [0.3, 0.4) is 0 Å². The minimum absolute atomic E-state index is 0.292. The predicted molar refractivity (Wildman–Crippen MR) is 89.4 cm³/mol. The zero-order valence-electron chi connectivity index (χ0n) is 14.6. The quantitative estimate of drug-likeness (QED) is 0.814. The van der Waals surface area contributed by atoms with Crippen molar-refractivity contribution in [3.05, 3.63) is 24.0 Å². The number of likely N-dealkylation sites (tertiary alicyclic amines) is 1. The Bertz CT molecular complexity index is 768. The van der Waals surface area contributed by atoms with Crippen LogP contribution in [-0.4, -0.2) is 73.7 Å². The summed E-state index contributed by atoms with van der Waals surface area (Å²) in [5, 5.41) is 9.00. The molecule has 1 unspecified atom stereocenters. The zero-order chi connectivity index (χ0) is 17.4. The average Bonchev–Trinajstić information content (AvgIpc) is 3.29. The molecule has 0 N–H and O–H groups in total. The fourth-order valence-electron chi connectivity index (χ4n) is 3.48. The van der Waals surface area contributed by atoms with E-state index in [1.807, 2.05) is 17.9 Å². The molecule has 9 nitrogen and oxygen atoms in total.